The highest BCUT2D eigenvalue weighted by molar-refractivity contribution is 7.71. The predicted molar refractivity (Wildman–Crippen MR) is 62.5 cm³/mol. The fourth-order valence-electron chi connectivity index (χ4n) is 2.30. The number of H-pyrrole nitrogens is 1. The van der Waals surface area contributed by atoms with Crippen molar-refractivity contribution in [3.63, 3.8) is 0 Å². The molecule has 0 unspecified atom stereocenters. The molecule has 0 amide bonds. The van der Waals surface area contributed by atoms with Gasteiger partial charge >= 0.3 is 0 Å². The first kappa shape index (κ1) is 10.9. The first-order valence-electron chi connectivity index (χ1n) is 5.60. The monoisotopic (exact) mass is 226 g/mol. The van der Waals surface area contributed by atoms with Gasteiger partial charge < -0.3 is 4.74 Å². The molecule has 0 aromatic carbocycles. The van der Waals surface area contributed by atoms with Gasteiger partial charge in [-0.05, 0) is 18.9 Å². The Morgan fingerprint density at radius 3 is 2.87 bits per heavy atom. The fourth-order valence-corrected chi connectivity index (χ4v) is 2.64. The van der Waals surface area contributed by atoms with E-state index in [1.807, 2.05) is 6.07 Å². The van der Waals surface area contributed by atoms with Crippen molar-refractivity contribution < 1.29 is 4.74 Å². The van der Waals surface area contributed by atoms with Crippen LogP contribution in [0.2, 0.25) is 0 Å². The van der Waals surface area contributed by atoms with Crippen molar-refractivity contribution in [2.24, 2.45) is 0 Å². The molecule has 1 aromatic heterocycles. The van der Waals surface area contributed by atoms with Crippen molar-refractivity contribution in [3.8, 4) is 0 Å². The normalized spacial score (nSPS) is 18.2. The van der Waals surface area contributed by atoms with Gasteiger partial charge in [0.2, 0.25) is 0 Å². The third-order valence-electron chi connectivity index (χ3n) is 3.04. The molecule has 0 radical (unpaired) electrons. The van der Waals surface area contributed by atoms with Crippen LogP contribution in [0.5, 0.6) is 0 Å². The lowest BCUT2D eigenvalue weighted by molar-refractivity contribution is 0.179. The molecule has 2 rings (SSSR count). The van der Waals surface area contributed by atoms with E-state index in [0.29, 0.717) is 12.6 Å². The Bertz CT molecular complexity index is 363. The molecule has 0 spiro atoms. The van der Waals surface area contributed by atoms with Crippen LogP contribution in [0.4, 0.5) is 0 Å². The molecule has 0 atom stereocenters. The molecule has 0 saturated heterocycles. The molecule has 0 bridgehead atoms. The Balaban J connectivity index is 2.15. The second kappa shape index (κ2) is 4.94. The van der Waals surface area contributed by atoms with Gasteiger partial charge in [0.05, 0.1) is 18.3 Å². The Morgan fingerprint density at radius 2 is 2.20 bits per heavy atom. The lowest BCUT2D eigenvalue weighted by Crippen LogP contribution is -2.14. The minimum atomic E-state index is 0.580. The van der Waals surface area contributed by atoms with Gasteiger partial charge in [-0.1, -0.05) is 31.5 Å². The summed E-state index contributed by atoms with van der Waals surface area (Å²) in [5.41, 5.74) is 1.08. The zero-order valence-electron chi connectivity index (χ0n) is 9.16. The van der Waals surface area contributed by atoms with Crippen LogP contribution in [0.3, 0.4) is 0 Å². The minimum absolute atomic E-state index is 0.580. The molecule has 84 valence electrons. The van der Waals surface area contributed by atoms with Crippen LogP contribution in [0, 0.1) is 4.64 Å². The zero-order chi connectivity index (χ0) is 10.7. The first-order valence-corrected chi connectivity index (χ1v) is 6.01. The molecular weight excluding hydrogens is 208 g/mol. The molecule has 4 heteroatoms. The van der Waals surface area contributed by atoms with Gasteiger partial charge in [0, 0.05) is 7.11 Å². The summed E-state index contributed by atoms with van der Waals surface area (Å²) in [6.45, 7) is 0.614. The molecule has 1 aliphatic carbocycles. The number of aromatic amines is 1. The topological polar surface area (TPSA) is 29.9 Å². The smallest absolute Gasteiger partial charge is 0.122 e. The number of nitrogens with one attached hydrogen (secondary N) is 1. The van der Waals surface area contributed by atoms with E-state index in [1.54, 1.807) is 7.11 Å². The summed E-state index contributed by atoms with van der Waals surface area (Å²) in [5.74, 6) is 0. The first-order chi connectivity index (χ1) is 7.31. The summed E-state index contributed by atoms with van der Waals surface area (Å²) in [4.78, 5) is 0. The van der Waals surface area contributed by atoms with Gasteiger partial charge in [0.15, 0.2) is 0 Å². The van der Waals surface area contributed by atoms with E-state index in [9.17, 15) is 0 Å². The van der Waals surface area contributed by atoms with Crippen LogP contribution in [-0.2, 0) is 11.3 Å². The largest absolute Gasteiger partial charge is 0.378 e. The summed E-state index contributed by atoms with van der Waals surface area (Å²) < 4.78 is 8.15. The van der Waals surface area contributed by atoms with Crippen molar-refractivity contribution in [3.05, 3.63) is 16.4 Å². The van der Waals surface area contributed by atoms with Gasteiger partial charge in [-0.25, -0.2) is 0 Å². The quantitative estimate of drug-likeness (QED) is 0.802. The van der Waals surface area contributed by atoms with Crippen molar-refractivity contribution in [1.82, 2.24) is 9.78 Å². The number of hydrogen-bond acceptors (Lipinski definition) is 2. The van der Waals surface area contributed by atoms with Crippen molar-refractivity contribution in [2.75, 3.05) is 7.11 Å². The van der Waals surface area contributed by atoms with Crippen LogP contribution in [0.25, 0.3) is 0 Å². The van der Waals surface area contributed by atoms with Crippen molar-refractivity contribution in [1.29, 1.82) is 0 Å². The van der Waals surface area contributed by atoms with E-state index in [-0.39, 0.29) is 0 Å². The van der Waals surface area contributed by atoms with E-state index in [0.717, 1.165) is 10.3 Å². The second-order valence-corrected chi connectivity index (χ2v) is 4.63. The van der Waals surface area contributed by atoms with Crippen LogP contribution >= 0.6 is 12.2 Å². The van der Waals surface area contributed by atoms with E-state index >= 15 is 0 Å². The highest BCUT2D eigenvalue weighted by Crippen LogP contribution is 2.27. The maximum atomic E-state index is 5.34. The summed E-state index contributed by atoms with van der Waals surface area (Å²) in [6.07, 6.45) is 6.52. The van der Waals surface area contributed by atoms with Crippen LogP contribution in [0.15, 0.2) is 6.07 Å². The maximum absolute atomic E-state index is 5.34. The molecule has 1 fully saturated rings. The highest BCUT2D eigenvalue weighted by Gasteiger charge is 2.16. The van der Waals surface area contributed by atoms with E-state index in [1.165, 1.54) is 32.1 Å². The summed E-state index contributed by atoms with van der Waals surface area (Å²) in [6, 6.07) is 2.59. The van der Waals surface area contributed by atoms with Crippen molar-refractivity contribution >= 4 is 12.2 Å². The average molecular weight is 226 g/mol. The van der Waals surface area contributed by atoms with Crippen LogP contribution < -0.4 is 0 Å². The summed E-state index contributed by atoms with van der Waals surface area (Å²) in [7, 11) is 1.70. The predicted octanol–water partition coefficient (Wildman–Crippen LogP) is 3.20. The third-order valence-corrected chi connectivity index (χ3v) is 3.35. The number of nitrogens with zero attached hydrogens (tertiary/aromatic N) is 1. The molecule has 1 heterocycles. The number of methoxy groups -OCH3 is 1. The van der Waals surface area contributed by atoms with Gasteiger partial charge in [-0.15, -0.1) is 0 Å². The molecule has 3 nitrogen and oxygen atoms in total. The van der Waals surface area contributed by atoms with Gasteiger partial charge in [0.1, 0.15) is 4.64 Å². The fraction of sp³-hybridized carbons (Fsp3) is 0.727. The summed E-state index contributed by atoms with van der Waals surface area (Å²) >= 11 is 5.34. The Labute approximate surface area is 95.4 Å². The third kappa shape index (κ3) is 2.49. The average Bonchev–Trinajstić information content (AvgIpc) is 2.61. The SMILES string of the molecule is COCc1cc(=S)n(C2CCCCC2)[nH]1. The van der Waals surface area contributed by atoms with Gasteiger partial charge in [0.25, 0.3) is 0 Å². The molecular formula is C11H18N2OS. The molecule has 1 saturated carbocycles. The Kier molecular flexibility index (Phi) is 3.59. The molecule has 15 heavy (non-hydrogen) atoms. The van der Waals surface area contributed by atoms with E-state index < -0.39 is 0 Å². The van der Waals surface area contributed by atoms with E-state index in [4.69, 9.17) is 17.0 Å². The maximum Gasteiger partial charge on any atom is 0.122 e. The van der Waals surface area contributed by atoms with E-state index in [2.05, 4.69) is 9.78 Å². The molecule has 0 aliphatic heterocycles. The molecule has 1 N–H and O–H groups in total. The lowest BCUT2D eigenvalue weighted by atomic mass is 9.96. The van der Waals surface area contributed by atoms with Gasteiger partial charge in [-0.3, -0.25) is 9.78 Å². The van der Waals surface area contributed by atoms with Crippen LogP contribution in [-0.4, -0.2) is 16.9 Å². The number of rotatable bonds is 3. The van der Waals surface area contributed by atoms with Crippen molar-refractivity contribution in [2.45, 2.75) is 44.8 Å². The Hall–Kier alpha value is -0.610. The summed E-state index contributed by atoms with van der Waals surface area (Å²) in [5, 5.41) is 3.34. The number of hydrogen-bond donors (Lipinski definition) is 1. The highest BCUT2D eigenvalue weighted by atomic mass is 32.1. The zero-order valence-corrected chi connectivity index (χ0v) is 9.98. The minimum Gasteiger partial charge on any atom is -0.378 e. The lowest BCUT2D eigenvalue weighted by Gasteiger charge is -2.22. The molecule has 1 aliphatic rings. The second-order valence-electron chi connectivity index (χ2n) is 4.21. The van der Waals surface area contributed by atoms with Crippen LogP contribution in [0.1, 0.15) is 43.8 Å². The standard InChI is InChI=1S/C11H18N2OS/c1-14-8-9-7-11(15)13(12-9)10-5-3-2-4-6-10/h7,10,12H,2-6,8H2,1H3. The number of ether oxygens (including phenoxy) is 1. The molecule has 1 aromatic rings. The number of aromatic nitrogens is 2. The van der Waals surface area contributed by atoms with Gasteiger partial charge in [-0.2, -0.15) is 0 Å². The Morgan fingerprint density at radius 1 is 1.47 bits per heavy atom.